The van der Waals surface area contributed by atoms with Crippen LogP contribution in [0.3, 0.4) is 0 Å². The number of ether oxygens (including phenoxy) is 2. The molecule has 0 saturated carbocycles. The number of hydrogen-bond donors (Lipinski definition) is 4. The van der Waals surface area contributed by atoms with E-state index in [1.54, 1.807) is 49.3 Å². The number of nitrogens with two attached hydrogens (primary N) is 1. The number of phenolic OH excluding ortho intramolecular Hbond substituents is 1. The molecule has 2 aliphatic heterocycles. The number of phenols is 1. The van der Waals surface area contributed by atoms with Crippen LogP contribution in [0.2, 0.25) is 0 Å². The van der Waals surface area contributed by atoms with Gasteiger partial charge in [0.1, 0.15) is 17.8 Å². The zero-order chi connectivity index (χ0) is 47.9. The molecule has 2 aromatic carbocycles. The third kappa shape index (κ3) is 11.0. The van der Waals surface area contributed by atoms with Crippen molar-refractivity contribution < 1.29 is 38.6 Å². The molecular formula is C50H68N8O8. The van der Waals surface area contributed by atoms with E-state index in [1.807, 2.05) is 38.2 Å². The van der Waals surface area contributed by atoms with Gasteiger partial charge in [0.15, 0.2) is 0 Å². The number of benzene rings is 2. The third-order valence-corrected chi connectivity index (χ3v) is 12.9. The quantitative estimate of drug-likeness (QED) is 0.0899. The zero-order valence-corrected chi connectivity index (χ0v) is 39.8. The molecule has 4 heterocycles. The molecular weight excluding hydrogens is 841 g/mol. The number of nitrogens with one attached hydrogen (secondary N) is 2. The highest BCUT2D eigenvalue weighted by atomic mass is 16.5. The van der Waals surface area contributed by atoms with Gasteiger partial charge in [0.2, 0.25) is 17.7 Å². The van der Waals surface area contributed by atoms with Gasteiger partial charge in [-0.2, -0.15) is 0 Å². The third-order valence-electron chi connectivity index (χ3n) is 12.9. The monoisotopic (exact) mass is 909 g/mol. The van der Waals surface area contributed by atoms with E-state index in [0.717, 1.165) is 51.7 Å². The molecule has 16 nitrogen and oxygen atoms in total. The number of methoxy groups -OCH3 is 1. The fraction of sp³-hybridized carbons (Fsp3) is 0.520. The summed E-state index contributed by atoms with van der Waals surface area (Å²) in [6.07, 6.45) is 5.95. The molecule has 2 fully saturated rings. The summed E-state index contributed by atoms with van der Waals surface area (Å²) in [5, 5.41) is 16.9. The van der Waals surface area contributed by atoms with Gasteiger partial charge in [0.25, 0.3) is 12.4 Å². The molecule has 3 atom stereocenters. The van der Waals surface area contributed by atoms with Crippen LogP contribution in [0.1, 0.15) is 71.1 Å². The highest BCUT2D eigenvalue weighted by Gasteiger charge is 2.42. The number of carbonyl (C=O) groups excluding carboxylic acids is 5. The molecule has 4 amide bonds. The van der Waals surface area contributed by atoms with Crippen molar-refractivity contribution >= 4 is 41.0 Å². The Morgan fingerprint density at radius 1 is 1.06 bits per heavy atom. The number of aryl methyl sites for hydroxylation is 1. The minimum absolute atomic E-state index is 0.00533. The van der Waals surface area contributed by atoms with Gasteiger partial charge in [-0.25, -0.2) is 5.43 Å². The topological polar surface area (TPSA) is 202 Å². The van der Waals surface area contributed by atoms with E-state index in [9.17, 15) is 29.1 Å². The Morgan fingerprint density at radius 3 is 2.47 bits per heavy atom. The van der Waals surface area contributed by atoms with E-state index < -0.39 is 29.3 Å². The first-order chi connectivity index (χ1) is 31.5. The summed E-state index contributed by atoms with van der Waals surface area (Å²) in [5.41, 5.74) is 15.6. The number of likely N-dealkylation sites (N-methyl/N-ethyl adjacent to an activating group) is 1. The van der Waals surface area contributed by atoms with Crippen LogP contribution in [0.15, 0.2) is 54.9 Å². The number of rotatable bonds is 20. The van der Waals surface area contributed by atoms with Crippen LogP contribution >= 0.6 is 0 Å². The van der Waals surface area contributed by atoms with Crippen molar-refractivity contribution in [2.45, 2.75) is 92.5 Å². The van der Waals surface area contributed by atoms with Crippen molar-refractivity contribution in [2.75, 3.05) is 53.5 Å². The van der Waals surface area contributed by atoms with Crippen LogP contribution in [0.25, 0.3) is 33.3 Å². The van der Waals surface area contributed by atoms with Gasteiger partial charge in [0.05, 0.1) is 24.8 Å². The summed E-state index contributed by atoms with van der Waals surface area (Å²) in [7, 11) is 3.26. The summed E-state index contributed by atoms with van der Waals surface area (Å²) < 4.78 is 13.2. The van der Waals surface area contributed by atoms with Crippen LogP contribution in [0.4, 0.5) is 0 Å². The first-order valence-electron chi connectivity index (χ1n) is 23.1. The molecule has 0 bridgehead atoms. The molecule has 2 aliphatic rings. The summed E-state index contributed by atoms with van der Waals surface area (Å²) in [6.45, 7) is 15.2. The minimum atomic E-state index is -1.04. The predicted molar refractivity (Wildman–Crippen MR) is 252 cm³/mol. The van der Waals surface area contributed by atoms with E-state index >= 15 is 0 Å². The Morgan fingerprint density at radius 2 is 1.82 bits per heavy atom. The Labute approximate surface area is 388 Å². The average molecular weight is 909 g/mol. The second-order valence-electron chi connectivity index (χ2n) is 19.0. The molecule has 6 rings (SSSR count). The van der Waals surface area contributed by atoms with Crippen molar-refractivity contribution in [3.05, 3.63) is 71.5 Å². The second kappa shape index (κ2) is 21.6. The first-order valence-corrected chi connectivity index (χ1v) is 23.1. The van der Waals surface area contributed by atoms with Crippen LogP contribution < -0.4 is 16.5 Å². The molecule has 16 heteroatoms. The lowest BCUT2D eigenvalue weighted by Gasteiger charge is -2.42. The molecule has 0 spiro atoms. The zero-order valence-electron chi connectivity index (χ0n) is 39.8. The largest absolute Gasteiger partial charge is 0.508 e. The second-order valence-corrected chi connectivity index (χ2v) is 19.0. The number of likely N-dealkylation sites (tertiary alicyclic amines) is 1. The van der Waals surface area contributed by atoms with Gasteiger partial charge in [0, 0.05) is 100 Å². The predicted octanol–water partition coefficient (Wildman–Crippen LogP) is 4.67. The summed E-state index contributed by atoms with van der Waals surface area (Å²) in [6, 6.07) is 11.4. The van der Waals surface area contributed by atoms with Crippen molar-refractivity contribution in [1.82, 2.24) is 35.1 Å². The Kier molecular flexibility index (Phi) is 16.3. The highest BCUT2D eigenvalue weighted by Crippen LogP contribution is 2.41. The smallest absolute Gasteiger partial charge is 0.293 e. The van der Waals surface area contributed by atoms with E-state index in [0.29, 0.717) is 50.3 Å². The lowest BCUT2D eigenvalue weighted by atomic mass is 9.84. The number of amides is 4. The van der Waals surface area contributed by atoms with Crippen molar-refractivity contribution in [3.8, 4) is 28.1 Å². The minimum Gasteiger partial charge on any atom is -0.508 e. The van der Waals surface area contributed by atoms with Crippen molar-refractivity contribution in [1.29, 1.82) is 0 Å². The van der Waals surface area contributed by atoms with E-state index in [1.165, 1.54) is 4.90 Å². The SMILES string of the molecule is CCn1c(-c2cnccc2COC)c(CC(C)(C)COC=O)c2cc(-c3cc(O)cc(C[C@H](NC(=O)[C@H](C(C)C)N(C)C(=O)C4CN(C(=O)[C@@H](C)CN)C4)C(=O)N4CCCCN4)c3)ccc21. The van der Waals surface area contributed by atoms with Crippen LogP contribution in [-0.2, 0) is 59.4 Å². The number of aromatic hydroxyl groups is 1. The Bertz CT molecular complexity index is 2380. The van der Waals surface area contributed by atoms with Crippen LogP contribution in [0, 0.1) is 23.2 Å². The molecule has 0 unspecified atom stereocenters. The summed E-state index contributed by atoms with van der Waals surface area (Å²) in [4.78, 5) is 74.0. The lowest BCUT2D eigenvalue weighted by molar-refractivity contribution is -0.154. The highest BCUT2D eigenvalue weighted by molar-refractivity contribution is 5.96. The van der Waals surface area contributed by atoms with Gasteiger partial charge >= 0.3 is 0 Å². The number of hydrogen-bond acceptors (Lipinski definition) is 11. The number of pyridine rings is 1. The van der Waals surface area contributed by atoms with Crippen LogP contribution in [0.5, 0.6) is 5.75 Å². The molecule has 2 saturated heterocycles. The number of carbonyl (C=O) groups is 5. The summed E-state index contributed by atoms with van der Waals surface area (Å²) in [5.74, 6) is -2.25. The fourth-order valence-corrected chi connectivity index (χ4v) is 9.42. The van der Waals surface area contributed by atoms with E-state index in [2.05, 4.69) is 53.2 Å². The number of hydrazine groups is 1. The molecule has 0 radical (unpaired) electrons. The standard InChI is InChI=1S/C50H68N8O8/c1-9-57-43-13-12-34(22-39(43)40(23-50(5,6)29-66-30-59)45(57)41-25-52-16-14-35(41)28-65-8)36-18-33(19-38(60)21-36)20-42(49(64)58-17-11-10-15-53-58)54-46(61)44(31(2)3)55(7)48(63)37-26-56(27-37)47(62)32(4)24-51/h12-14,16,18-19,21-22,25,30-32,37,42,44,53,60H,9-11,15,17,20,23-24,26-29,51H2,1-8H3,(H,54,61)/t32-,42-,44-/m0/s1. The molecule has 0 aliphatic carbocycles. The lowest BCUT2D eigenvalue weighted by Crippen LogP contribution is -2.62. The maximum atomic E-state index is 14.4. The van der Waals surface area contributed by atoms with Gasteiger partial charge < -0.3 is 40.0 Å². The molecule has 4 aromatic rings. The van der Waals surface area contributed by atoms with Gasteiger partial charge in [-0.3, -0.25) is 34.0 Å². The van der Waals surface area contributed by atoms with Gasteiger partial charge in [-0.05, 0) is 90.3 Å². The fourth-order valence-electron chi connectivity index (χ4n) is 9.42. The van der Waals surface area contributed by atoms with Crippen molar-refractivity contribution in [2.24, 2.45) is 28.9 Å². The van der Waals surface area contributed by atoms with Gasteiger partial charge in [-0.1, -0.05) is 46.8 Å². The van der Waals surface area contributed by atoms with E-state index in [4.69, 9.17) is 15.2 Å². The molecule has 66 heavy (non-hydrogen) atoms. The maximum Gasteiger partial charge on any atom is 0.293 e. The molecule has 2 aromatic heterocycles. The normalized spacial score (nSPS) is 15.8. The summed E-state index contributed by atoms with van der Waals surface area (Å²) >= 11 is 0. The maximum absolute atomic E-state index is 14.4. The Hall–Kier alpha value is -5.84. The number of aromatic nitrogens is 2. The number of fused-ring (bicyclic) bond motifs is 1. The average Bonchev–Trinajstić information content (AvgIpc) is 3.58. The Balaban J connectivity index is 1.34. The van der Waals surface area contributed by atoms with E-state index in [-0.39, 0.29) is 68.0 Å². The molecule has 5 N–H and O–H groups in total. The van der Waals surface area contributed by atoms with Crippen molar-refractivity contribution in [3.63, 3.8) is 0 Å². The van der Waals surface area contributed by atoms with Gasteiger partial charge in [-0.15, -0.1) is 0 Å². The molecule has 356 valence electrons. The number of nitrogens with zero attached hydrogens (tertiary/aromatic N) is 5. The first kappa shape index (κ1) is 49.6. The van der Waals surface area contributed by atoms with Crippen LogP contribution in [-0.4, -0.2) is 125 Å².